The van der Waals surface area contributed by atoms with Crippen LogP contribution in [-0.4, -0.2) is 88.2 Å². The van der Waals surface area contributed by atoms with Crippen molar-refractivity contribution in [1.82, 2.24) is 20.4 Å². The Morgan fingerprint density at radius 1 is 0.568 bits per heavy atom. The molecule has 8 heteroatoms. The molecule has 1 rings (SSSR count). The van der Waals surface area contributed by atoms with Gasteiger partial charge in [-0.2, -0.15) is 0 Å². The van der Waals surface area contributed by atoms with E-state index < -0.39 is 12.2 Å². The molecule has 2 amide bonds. The van der Waals surface area contributed by atoms with E-state index >= 15 is 0 Å². The molecule has 2 N–H and O–H groups in total. The predicted molar refractivity (Wildman–Crippen MR) is 184 cm³/mol. The standard InChI is InChI=1S/C36H66N4O4/c1-7-9-11-13-15-17-21-33(35(41)37-27-19-29-39(3)4)43-31-23-25-32(26-24-31)44-34(22-18-16-14-12-10-8-2)36(42)38-28-20-30-40(5)6/h23-26,33-34H,7-22,27-30H2,1-6H3,(H,37,41)(H,38,42). The lowest BCUT2D eigenvalue weighted by molar-refractivity contribution is -0.129. The highest BCUT2D eigenvalue weighted by Crippen LogP contribution is 2.23. The number of hydrogen-bond acceptors (Lipinski definition) is 6. The second-order valence-corrected chi connectivity index (χ2v) is 12.7. The number of nitrogens with one attached hydrogen (secondary N) is 2. The topological polar surface area (TPSA) is 83.1 Å². The van der Waals surface area contributed by atoms with Crippen LogP contribution in [0.1, 0.15) is 117 Å². The predicted octanol–water partition coefficient (Wildman–Crippen LogP) is 6.82. The molecule has 0 saturated carbocycles. The highest BCUT2D eigenvalue weighted by molar-refractivity contribution is 5.81. The first kappa shape index (κ1) is 39.7. The summed E-state index contributed by atoms with van der Waals surface area (Å²) in [6.07, 6.45) is 16.1. The number of hydrogen-bond donors (Lipinski definition) is 2. The summed E-state index contributed by atoms with van der Waals surface area (Å²) in [5, 5.41) is 6.14. The number of nitrogens with zero attached hydrogens (tertiary/aromatic N) is 2. The second-order valence-electron chi connectivity index (χ2n) is 12.7. The van der Waals surface area contributed by atoms with Gasteiger partial charge in [0, 0.05) is 13.1 Å². The van der Waals surface area contributed by atoms with E-state index in [9.17, 15) is 9.59 Å². The van der Waals surface area contributed by atoms with Crippen LogP contribution in [0.2, 0.25) is 0 Å². The van der Waals surface area contributed by atoms with E-state index in [1.54, 1.807) is 0 Å². The van der Waals surface area contributed by atoms with E-state index in [0.29, 0.717) is 37.4 Å². The van der Waals surface area contributed by atoms with Crippen LogP contribution in [0.25, 0.3) is 0 Å². The van der Waals surface area contributed by atoms with Crippen LogP contribution in [0.4, 0.5) is 0 Å². The number of carbonyl (C=O) groups is 2. The van der Waals surface area contributed by atoms with Crippen LogP contribution in [-0.2, 0) is 9.59 Å². The van der Waals surface area contributed by atoms with Crippen molar-refractivity contribution >= 4 is 11.8 Å². The minimum atomic E-state index is -0.527. The van der Waals surface area contributed by atoms with Gasteiger partial charge in [-0.15, -0.1) is 0 Å². The van der Waals surface area contributed by atoms with Crippen molar-refractivity contribution in [3.8, 4) is 11.5 Å². The van der Waals surface area contributed by atoms with E-state index in [0.717, 1.165) is 51.6 Å². The lowest BCUT2D eigenvalue weighted by atomic mass is 10.1. The Bertz CT molecular complexity index is 778. The van der Waals surface area contributed by atoms with Gasteiger partial charge in [0.05, 0.1) is 0 Å². The van der Waals surface area contributed by atoms with Crippen LogP contribution < -0.4 is 20.1 Å². The van der Waals surface area contributed by atoms with Crippen molar-refractivity contribution in [2.45, 2.75) is 129 Å². The van der Waals surface area contributed by atoms with Crippen LogP contribution in [0.3, 0.4) is 0 Å². The molecule has 8 nitrogen and oxygen atoms in total. The van der Waals surface area contributed by atoms with Crippen molar-refractivity contribution in [3.05, 3.63) is 24.3 Å². The average Bonchev–Trinajstić information content (AvgIpc) is 3.00. The SMILES string of the molecule is CCCCCCCCC(Oc1ccc(OC(CCCCCCCC)C(=O)NCCCN(C)C)cc1)C(=O)NCCCN(C)C. The Hall–Kier alpha value is -2.32. The summed E-state index contributed by atoms with van der Waals surface area (Å²) in [6.45, 7) is 7.57. The van der Waals surface area contributed by atoms with Gasteiger partial charge in [0.15, 0.2) is 12.2 Å². The van der Waals surface area contributed by atoms with Gasteiger partial charge < -0.3 is 29.9 Å². The Morgan fingerprint density at radius 3 is 1.25 bits per heavy atom. The van der Waals surface area contributed by atoms with E-state index in [-0.39, 0.29) is 11.8 Å². The lowest BCUT2D eigenvalue weighted by Gasteiger charge is -2.21. The fourth-order valence-corrected chi connectivity index (χ4v) is 5.07. The van der Waals surface area contributed by atoms with Gasteiger partial charge in [0.2, 0.25) is 0 Å². The molecule has 2 unspecified atom stereocenters. The summed E-state index contributed by atoms with van der Waals surface area (Å²) in [7, 11) is 8.15. The molecule has 0 bridgehead atoms. The van der Waals surface area contributed by atoms with E-state index in [1.165, 1.54) is 51.4 Å². The van der Waals surface area contributed by atoms with Gasteiger partial charge in [-0.1, -0.05) is 78.1 Å². The Kier molecular flexibility index (Phi) is 23.4. The first-order valence-electron chi connectivity index (χ1n) is 17.5. The molecule has 2 atom stereocenters. The first-order chi connectivity index (χ1) is 21.3. The number of carbonyl (C=O) groups excluding carboxylic acids is 2. The minimum Gasteiger partial charge on any atom is -0.481 e. The van der Waals surface area contributed by atoms with E-state index in [2.05, 4.69) is 34.3 Å². The van der Waals surface area contributed by atoms with E-state index in [4.69, 9.17) is 9.47 Å². The smallest absolute Gasteiger partial charge is 0.261 e. The summed E-state index contributed by atoms with van der Waals surface area (Å²) in [4.78, 5) is 30.3. The molecule has 1 aromatic rings. The Labute approximate surface area is 270 Å². The zero-order valence-corrected chi connectivity index (χ0v) is 29.1. The fraction of sp³-hybridized carbons (Fsp3) is 0.778. The molecule has 0 aliphatic heterocycles. The third kappa shape index (κ3) is 20.6. The molecule has 0 saturated heterocycles. The molecule has 0 aliphatic rings. The van der Waals surface area contributed by atoms with Crippen molar-refractivity contribution in [1.29, 1.82) is 0 Å². The Morgan fingerprint density at radius 2 is 0.909 bits per heavy atom. The van der Waals surface area contributed by atoms with Gasteiger partial charge in [-0.25, -0.2) is 0 Å². The van der Waals surface area contributed by atoms with Gasteiger partial charge in [-0.05, 0) is 104 Å². The third-order valence-corrected chi connectivity index (χ3v) is 7.77. The summed E-state index contributed by atoms with van der Waals surface area (Å²) in [6, 6.07) is 7.39. The van der Waals surface area contributed by atoms with Crippen LogP contribution in [0.5, 0.6) is 11.5 Å². The largest absolute Gasteiger partial charge is 0.481 e. The highest BCUT2D eigenvalue weighted by Gasteiger charge is 2.22. The molecular weight excluding hydrogens is 552 g/mol. The average molecular weight is 619 g/mol. The van der Waals surface area contributed by atoms with Gasteiger partial charge >= 0.3 is 0 Å². The Balaban J connectivity index is 2.78. The lowest BCUT2D eigenvalue weighted by Crippen LogP contribution is -2.39. The van der Waals surface area contributed by atoms with Gasteiger partial charge in [0.1, 0.15) is 11.5 Å². The number of ether oxygens (including phenoxy) is 2. The van der Waals surface area contributed by atoms with E-state index in [1.807, 2.05) is 52.5 Å². The molecule has 0 fully saturated rings. The molecular formula is C36H66N4O4. The zero-order valence-electron chi connectivity index (χ0n) is 29.1. The fourth-order valence-electron chi connectivity index (χ4n) is 5.07. The van der Waals surface area contributed by atoms with Crippen molar-refractivity contribution in [3.63, 3.8) is 0 Å². The number of rotatable bonds is 28. The monoisotopic (exact) mass is 619 g/mol. The van der Waals surface area contributed by atoms with Crippen LogP contribution in [0.15, 0.2) is 24.3 Å². The minimum absolute atomic E-state index is 0.0532. The summed E-state index contributed by atoms with van der Waals surface area (Å²) >= 11 is 0. The van der Waals surface area contributed by atoms with Gasteiger partial charge in [-0.3, -0.25) is 9.59 Å². The second kappa shape index (κ2) is 26.0. The van der Waals surface area contributed by atoms with Crippen LogP contribution in [0, 0.1) is 0 Å². The highest BCUT2D eigenvalue weighted by atomic mass is 16.5. The zero-order chi connectivity index (χ0) is 32.4. The summed E-state index contributed by atoms with van der Waals surface area (Å²) < 4.78 is 12.4. The normalized spacial score (nSPS) is 12.7. The number of amides is 2. The number of unbranched alkanes of at least 4 members (excludes halogenated alkanes) is 10. The molecule has 254 valence electrons. The molecule has 44 heavy (non-hydrogen) atoms. The van der Waals surface area contributed by atoms with Crippen molar-refractivity contribution in [2.24, 2.45) is 0 Å². The van der Waals surface area contributed by atoms with Crippen molar-refractivity contribution < 1.29 is 19.1 Å². The molecule has 0 radical (unpaired) electrons. The molecule has 1 aromatic carbocycles. The molecule has 0 heterocycles. The molecule has 0 aromatic heterocycles. The molecule has 0 spiro atoms. The number of benzene rings is 1. The third-order valence-electron chi connectivity index (χ3n) is 7.77. The summed E-state index contributed by atoms with van der Waals surface area (Å²) in [5.74, 6) is 1.17. The maximum atomic E-state index is 13.1. The maximum absolute atomic E-state index is 13.1. The summed E-state index contributed by atoms with van der Waals surface area (Å²) in [5.41, 5.74) is 0. The maximum Gasteiger partial charge on any atom is 0.261 e. The first-order valence-corrected chi connectivity index (χ1v) is 17.5. The van der Waals surface area contributed by atoms with Crippen molar-refractivity contribution in [2.75, 3.05) is 54.4 Å². The quantitative estimate of drug-likeness (QED) is 0.100. The van der Waals surface area contributed by atoms with Gasteiger partial charge in [0.25, 0.3) is 11.8 Å². The van der Waals surface area contributed by atoms with Crippen LogP contribution >= 0.6 is 0 Å². The molecule has 0 aliphatic carbocycles.